The predicted molar refractivity (Wildman–Crippen MR) is 109 cm³/mol. The molecule has 3 heterocycles. The Kier molecular flexibility index (Phi) is 4.46. The van der Waals surface area contributed by atoms with Crippen molar-refractivity contribution >= 4 is 10.9 Å². The van der Waals surface area contributed by atoms with Crippen LogP contribution in [0.15, 0.2) is 22.7 Å². The number of fused-ring (bicyclic) bond motifs is 1. The average molecular weight is 380 g/mol. The van der Waals surface area contributed by atoms with Crippen molar-refractivity contribution < 1.29 is 4.52 Å². The van der Waals surface area contributed by atoms with E-state index in [0.717, 1.165) is 49.1 Å². The van der Waals surface area contributed by atoms with Gasteiger partial charge in [-0.15, -0.1) is 0 Å². The summed E-state index contributed by atoms with van der Waals surface area (Å²) in [5.41, 5.74) is 3.34. The molecule has 148 valence electrons. The van der Waals surface area contributed by atoms with Gasteiger partial charge in [0, 0.05) is 17.3 Å². The predicted octanol–water partition coefficient (Wildman–Crippen LogP) is 4.57. The van der Waals surface area contributed by atoms with Gasteiger partial charge in [-0.25, -0.2) is 0 Å². The zero-order valence-electron chi connectivity index (χ0n) is 17.1. The third kappa shape index (κ3) is 3.04. The number of aromatic nitrogens is 4. The van der Waals surface area contributed by atoms with Gasteiger partial charge in [-0.3, -0.25) is 0 Å². The van der Waals surface area contributed by atoms with E-state index < -0.39 is 0 Å². The van der Waals surface area contributed by atoms with Gasteiger partial charge in [0.2, 0.25) is 5.89 Å². The standard InChI is InChI=1S/C22H29N5O/c1-14(2)20-18-8-7-15(3)13-19(18)27(24-20)22-23-21(28-25-22)16-9-11-26(12-10-16)17-5-4-6-17/h7-8,13-14,16-17H,4-6,9-12H2,1-3H3. The van der Waals surface area contributed by atoms with Gasteiger partial charge in [0.1, 0.15) is 0 Å². The minimum absolute atomic E-state index is 0.341. The quantitative estimate of drug-likeness (QED) is 0.664. The topological polar surface area (TPSA) is 60.0 Å². The fourth-order valence-corrected chi connectivity index (χ4v) is 4.57. The summed E-state index contributed by atoms with van der Waals surface area (Å²) in [6.45, 7) is 8.74. The fourth-order valence-electron chi connectivity index (χ4n) is 4.57. The summed E-state index contributed by atoms with van der Waals surface area (Å²) in [4.78, 5) is 7.41. The van der Waals surface area contributed by atoms with Crippen LogP contribution >= 0.6 is 0 Å². The van der Waals surface area contributed by atoms with E-state index in [1.807, 2.05) is 4.68 Å². The first-order valence-corrected chi connectivity index (χ1v) is 10.7. The van der Waals surface area contributed by atoms with Crippen LogP contribution in [-0.4, -0.2) is 44.0 Å². The molecule has 0 unspecified atom stereocenters. The number of likely N-dealkylation sites (tertiary alicyclic amines) is 1. The highest BCUT2D eigenvalue weighted by Crippen LogP contribution is 2.33. The summed E-state index contributed by atoms with van der Waals surface area (Å²) < 4.78 is 7.56. The molecule has 0 bridgehead atoms. The molecule has 1 saturated heterocycles. The molecule has 1 aromatic carbocycles. The highest BCUT2D eigenvalue weighted by Gasteiger charge is 2.31. The Balaban J connectivity index is 1.41. The van der Waals surface area contributed by atoms with Gasteiger partial charge in [-0.1, -0.05) is 32.4 Å². The van der Waals surface area contributed by atoms with Gasteiger partial charge in [0.15, 0.2) is 0 Å². The van der Waals surface area contributed by atoms with Crippen LogP contribution in [-0.2, 0) is 0 Å². The van der Waals surface area contributed by atoms with Crippen LogP contribution in [0.5, 0.6) is 0 Å². The molecule has 2 fully saturated rings. The number of nitrogens with zero attached hydrogens (tertiary/aromatic N) is 5. The van der Waals surface area contributed by atoms with Crippen molar-refractivity contribution in [3.05, 3.63) is 35.3 Å². The van der Waals surface area contributed by atoms with E-state index in [2.05, 4.69) is 49.0 Å². The van der Waals surface area contributed by atoms with E-state index in [1.54, 1.807) is 0 Å². The smallest absolute Gasteiger partial charge is 0.291 e. The first-order valence-electron chi connectivity index (χ1n) is 10.7. The van der Waals surface area contributed by atoms with Gasteiger partial charge >= 0.3 is 0 Å². The monoisotopic (exact) mass is 379 g/mol. The van der Waals surface area contributed by atoms with Crippen LogP contribution < -0.4 is 0 Å². The maximum Gasteiger partial charge on any atom is 0.291 e. The molecule has 5 rings (SSSR count). The second kappa shape index (κ2) is 6.99. The molecule has 28 heavy (non-hydrogen) atoms. The van der Waals surface area contributed by atoms with E-state index in [4.69, 9.17) is 14.6 Å². The maximum atomic E-state index is 5.70. The molecule has 6 heteroatoms. The van der Waals surface area contributed by atoms with Gasteiger partial charge in [0.05, 0.1) is 11.2 Å². The molecule has 0 amide bonds. The van der Waals surface area contributed by atoms with E-state index in [-0.39, 0.29) is 0 Å². The van der Waals surface area contributed by atoms with Crippen molar-refractivity contribution in [1.82, 2.24) is 24.8 Å². The van der Waals surface area contributed by atoms with Crippen LogP contribution in [0.1, 0.15) is 74.9 Å². The molecule has 3 aromatic rings. The first-order chi connectivity index (χ1) is 13.6. The minimum atomic E-state index is 0.341. The molecule has 2 aliphatic rings. The van der Waals surface area contributed by atoms with E-state index in [0.29, 0.717) is 17.8 Å². The maximum absolute atomic E-state index is 5.70. The average Bonchev–Trinajstić information content (AvgIpc) is 3.25. The molecule has 0 N–H and O–H groups in total. The highest BCUT2D eigenvalue weighted by molar-refractivity contribution is 5.84. The molecular formula is C22H29N5O. The zero-order valence-corrected chi connectivity index (χ0v) is 17.1. The summed E-state index contributed by atoms with van der Waals surface area (Å²) in [6.07, 6.45) is 6.36. The third-order valence-electron chi connectivity index (χ3n) is 6.50. The largest absolute Gasteiger partial charge is 0.337 e. The number of benzene rings is 1. The Morgan fingerprint density at radius 1 is 1.11 bits per heavy atom. The highest BCUT2D eigenvalue weighted by atomic mass is 16.5. The molecular weight excluding hydrogens is 350 g/mol. The second-order valence-electron chi connectivity index (χ2n) is 8.80. The molecule has 1 aliphatic heterocycles. The first kappa shape index (κ1) is 17.9. The third-order valence-corrected chi connectivity index (χ3v) is 6.50. The Labute approximate surface area is 165 Å². The van der Waals surface area contributed by atoms with Gasteiger partial charge in [-0.2, -0.15) is 14.8 Å². The van der Waals surface area contributed by atoms with Crippen molar-refractivity contribution in [2.45, 2.75) is 70.8 Å². The van der Waals surface area contributed by atoms with Crippen LogP contribution in [0.2, 0.25) is 0 Å². The number of hydrogen-bond acceptors (Lipinski definition) is 5. The zero-order chi connectivity index (χ0) is 19.3. The van der Waals surface area contributed by atoms with Crippen molar-refractivity contribution in [2.24, 2.45) is 0 Å². The number of rotatable bonds is 4. The summed E-state index contributed by atoms with van der Waals surface area (Å²) in [6, 6.07) is 7.27. The SMILES string of the molecule is Cc1ccc2c(C(C)C)nn(-c3noc(C4CCN(C5CCC5)CC4)n3)c2c1. The minimum Gasteiger partial charge on any atom is -0.337 e. The van der Waals surface area contributed by atoms with Crippen molar-refractivity contribution in [2.75, 3.05) is 13.1 Å². The molecule has 1 aliphatic carbocycles. The fraction of sp³-hybridized carbons (Fsp3) is 0.591. The normalized spacial score (nSPS) is 19.6. The van der Waals surface area contributed by atoms with Crippen LogP contribution in [0, 0.1) is 6.92 Å². The molecule has 0 atom stereocenters. The Bertz CT molecular complexity index is 976. The summed E-state index contributed by atoms with van der Waals surface area (Å²) in [7, 11) is 0. The Morgan fingerprint density at radius 3 is 2.57 bits per heavy atom. The van der Waals surface area contributed by atoms with Gasteiger partial charge in [0.25, 0.3) is 5.95 Å². The molecule has 2 aromatic heterocycles. The number of hydrogen-bond donors (Lipinski definition) is 0. The number of piperidine rings is 1. The van der Waals surface area contributed by atoms with Gasteiger partial charge in [-0.05, 0) is 68.4 Å². The van der Waals surface area contributed by atoms with E-state index >= 15 is 0 Å². The molecule has 6 nitrogen and oxygen atoms in total. The van der Waals surface area contributed by atoms with E-state index in [1.165, 1.54) is 30.2 Å². The lowest BCUT2D eigenvalue weighted by molar-refractivity contribution is 0.0923. The molecule has 0 spiro atoms. The number of aryl methyl sites for hydroxylation is 1. The summed E-state index contributed by atoms with van der Waals surface area (Å²) in [5, 5.41) is 10.3. The molecule has 1 saturated carbocycles. The van der Waals surface area contributed by atoms with Gasteiger partial charge < -0.3 is 9.42 Å². The van der Waals surface area contributed by atoms with Crippen molar-refractivity contribution in [3.8, 4) is 5.95 Å². The van der Waals surface area contributed by atoms with E-state index in [9.17, 15) is 0 Å². The van der Waals surface area contributed by atoms with Crippen molar-refractivity contribution in [3.63, 3.8) is 0 Å². The lowest BCUT2D eigenvalue weighted by Crippen LogP contribution is -2.44. The van der Waals surface area contributed by atoms with Crippen LogP contribution in [0.25, 0.3) is 16.9 Å². The second-order valence-corrected chi connectivity index (χ2v) is 8.80. The molecule has 0 radical (unpaired) electrons. The summed E-state index contributed by atoms with van der Waals surface area (Å²) >= 11 is 0. The lowest BCUT2D eigenvalue weighted by Gasteiger charge is -2.41. The Morgan fingerprint density at radius 2 is 1.89 bits per heavy atom. The van der Waals surface area contributed by atoms with Crippen LogP contribution in [0.4, 0.5) is 0 Å². The lowest BCUT2D eigenvalue weighted by atomic mass is 9.88. The summed E-state index contributed by atoms with van der Waals surface area (Å²) in [5.74, 6) is 2.03. The van der Waals surface area contributed by atoms with Crippen LogP contribution in [0.3, 0.4) is 0 Å². The Hall–Kier alpha value is -2.21. The van der Waals surface area contributed by atoms with Crippen molar-refractivity contribution in [1.29, 1.82) is 0 Å².